The number of rotatable bonds is 7. The molecule has 0 spiro atoms. The Balaban J connectivity index is 2.05. The number of pyridine rings is 2. The number of benzene rings is 1. The van der Waals surface area contributed by atoms with Gasteiger partial charge in [-0.25, -0.2) is 14.7 Å². The van der Waals surface area contributed by atoms with E-state index < -0.39 is 15.9 Å². The molecule has 1 unspecified atom stereocenters. The molecule has 0 fully saturated rings. The van der Waals surface area contributed by atoms with Crippen LogP contribution in [-0.2, 0) is 10.0 Å². The SMILES string of the molecule is Cc1cc(C)c(Oc2nc(C(C)C(C)C)ccc2C(=O)NS(=O)(=O)c2cccc(N)n2)c(C)c1. The monoisotopic (exact) mass is 482 g/mol. The first kappa shape index (κ1) is 25.2. The van der Waals surface area contributed by atoms with E-state index in [2.05, 4.69) is 23.8 Å². The Hall–Kier alpha value is -3.46. The molecule has 3 N–H and O–H groups in total. The summed E-state index contributed by atoms with van der Waals surface area (Å²) in [6.07, 6.45) is 0. The number of aromatic nitrogens is 2. The van der Waals surface area contributed by atoms with Crippen LogP contribution in [0.25, 0.3) is 0 Å². The number of sulfonamides is 1. The van der Waals surface area contributed by atoms with Crippen molar-refractivity contribution in [1.82, 2.24) is 14.7 Å². The Morgan fingerprint density at radius 3 is 2.24 bits per heavy atom. The van der Waals surface area contributed by atoms with Crippen LogP contribution in [0, 0.1) is 26.7 Å². The highest BCUT2D eigenvalue weighted by Crippen LogP contribution is 2.33. The number of ether oxygens (including phenoxy) is 1. The van der Waals surface area contributed by atoms with Gasteiger partial charge >= 0.3 is 0 Å². The molecule has 0 aliphatic rings. The molecule has 1 amide bonds. The van der Waals surface area contributed by atoms with Crippen molar-refractivity contribution in [3.63, 3.8) is 0 Å². The molecular weight excluding hydrogens is 452 g/mol. The van der Waals surface area contributed by atoms with Crippen molar-refractivity contribution in [3.05, 3.63) is 70.4 Å². The van der Waals surface area contributed by atoms with Gasteiger partial charge in [-0.15, -0.1) is 0 Å². The van der Waals surface area contributed by atoms with Crippen LogP contribution in [-0.4, -0.2) is 24.3 Å². The second-order valence-electron chi connectivity index (χ2n) is 8.79. The standard InChI is InChI=1S/C25H30N4O4S/c1-14(2)18(6)20-11-10-19(24(30)29-34(31,32)22-9-7-8-21(26)28-22)25(27-20)33-23-16(4)12-15(3)13-17(23)5/h7-14,18H,1-6H3,(H2,26,28)(H,29,30). The molecule has 0 saturated heterocycles. The van der Waals surface area contributed by atoms with E-state index in [1.54, 1.807) is 6.07 Å². The van der Waals surface area contributed by atoms with Crippen LogP contribution < -0.4 is 15.2 Å². The first-order chi connectivity index (χ1) is 15.9. The smallest absolute Gasteiger partial charge is 0.281 e. The molecule has 0 aliphatic heterocycles. The van der Waals surface area contributed by atoms with Gasteiger partial charge in [-0.3, -0.25) is 4.79 Å². The molecular formula is C25H30N4O4S. The van der Waals surface area contributed by atoms with E-state index in [4.69, 9.17) is 10.5 Å². The Morgan fingerprint density at radius 1 is 1.00 bits per heavy atom. The predicted molar refractivity (Wildman–Crippen MR) is 132 cm³/mol. The van der Waals surface area contributed by atoms with Gasteiger partial charge in [0.15, 0.2) is 5.03 Å². The Bertz CT molecular complexity index is 1310. The van der Waals surface area contributed by atoms with Crippen LogP contribution >= 0.6 is 0 Å². The highest BCUT2D eigenvalue weighted by Gasteiger charge is 2.25. The maximum absolute atomic E-state index is 13.1. The zero-order chi connectivity index (χ0) is 25.2. The summed E-state index contributed by atoms with van der Waals surface area (Å²) in [5.41, 5.74) is 9.17. The van der Waals surface area contributed by atoms with Crippen molar-refractivity contribution < 1.29 is 17.9 Å². The van der Waals surface area contributed by atoms with Gasteiger partial charge in [0.2, 0.25) is 5.88 Å². The van der Waals surface area contributed by atoms with E-state index in [-0.39, 0.29) is 28.2 Å². The molecule has 34 heavy (non-hydrogen) atoms. The van der Waals surface area contributed by atoms with E-state index >= 15 is 0 Å². The summed E-state index contributed by atoms with van der Waals surface area (Å²) in [6.45, 7) is 12.0. The maximum Gasteiger partial charge on any atom is 0.281 e. The molecule has 0 bridgehead atoms. The van der Waals surface area contributed by atoms with Crippen molar-refractivity contribution in [2.45, 2.75) is 52.5 Å². The van der Waals surface area contributed by atoms with E-state index in [1.165, 1.54) is 24.3 Å². The van der Waals surface area contributed by atoms with E-state index in [1.807, 2.05) is 44.5 Å². The lowest BCUT2D eigenvalue weighted by atomic mass is 9.94. The molecule has 2 heterocycles. The van der Waals surface area contributed by atoms with E-state index in [9.17, 15) is 13.2 Å². The maximum atomic E-state index is 13.1. The van der Waals surface area contributed by atoms with E-state index in [0.717, 1.165) is 22.4 Å². The molecule has 1 atom stereocenters. The highest BCUT2D eigenvalue weighted by atomic mass is 32.2. The Labute approximate surface area is 200 Å². The van der Waals surface area contributed by atoms with Gasteiger partial charge in [0, 0.05) is 11.6 Å². The molecule has 0 radical (unpaired) electrons. The molecule has 9 heteroatoms. The Morgan fingerprint density at radius 2 is 1.65 bits per heavy atom. The number of anilines is 1. The lowest BCUT2D eigenvalue weighted by Crippen LogP contribution is -2.31. The third kappa shape index (κ3) is 5.53. The fourth-order valence-electron chi connectivity index (χ4n) is 3.53. The third-order valence-electron chi connectivity index (χ3n) is 5.64. The lowest BCUT2D eigenvalue weighted by Gasteiger charge is -2.19. The largest absolute Gasteiger partial charge is 0.438 e. The molecule has 0 aliphatic carbocycles. The quantitative estimate of drug-likeness (QED) is 0.502. The molecule has 0 saturated carbocycles. The van der Waals surface area contributed by atoms with Gasteiger partial charge in [0.1, 0.15) is 17.1 Å². The van der Waals surface area contributed by atoms with Crippen LogP contribution in [0.3, 0.4) is 0 Å². The zero-order valence-corrected chi connectivity index (χ0v) is 21.0. The number of nitrogens with one attached hydrogen (secondary N) is 1. The molecule has 8 nitrogen and oxygen atoms in total. The molecule has 180 valence electrons. The van der Waals surface area contributed by atoms with Crippen molar-refractivity contribution in [2.24, 2.45) is 5.92 Å². The number of carbonyl (C=O) groups is 1. The van der Waals surface area contributed by atoms with Crippen molar-refractivity contribution in [1.29, 1.82) is 0 Å². The summed E-state index contributed by atoms with van der Waals surface area (Å²) in [5, 5.41) is -0.355. The number of nitrogen functional groups attached to an aromatic ring is 1. The first-order valence-corrected chi connectivity index (χ1v) is 12.4. The molecule has 2 aromatic heterocycles. The number of nitrogens with two attached hydrogens (primary N) is 1. The summed E-state index contributed by atoms with van der Waals surface area (Å²) >= 11 is 0. The normalized spacial score (nSPS) is 12.4. The van der Waals surface area contributed by atoms with Crippen LogP contribution in [0.5, 0.6) is 11.6 Å². The molecule has 3 rings (SSSR count). The summed E-state index contributed by atoms with van der Waals surface area (Å²) in [6, 6.07) is 11.4. The Kier molecular flexibility index (Phi) is 7.26. The summed E-state index contributed by atoms with van der Waals surface area (Å²) in [5.74, 6) is 0.157. The van der Waals surface area contributed by atoms with Crippen molar-refractivity contribution in [2.75, 3.05) is 5.73 Å². The van der Waals surface area contributed by atoms with Crippen LogP contribution in [0.1, 0.15) is 59.4 Å². The second-order valence-corrected chi connectivity index (χ2v) is 10.4. The van der Waals surface area contributed by atoms with Crippen LogP contribution in [0.4, 0.5) is 5.82 Å². The van der Waals surface area contributed by atoms with E-state index in [0.29, 0.717) is 11.7 Å². The average Bonchev–Trinajstić information content (AvgIpc) is 2.75. The minimum absolute atomic E-state index is 0.00782. The number of carbonyl (C=O) groups excluding carboxylic acids is 1. The van der Waals surface area contributed by atoms with Gasteiger partial charge < -0.3 is 10.5 Å². The second kappa shape index (κ2) is 9.80. The van der Waals surface area contributed by atoms with Gasteiger partial charge in [-0.05, 0) is 62.1 Å². The van der Waals surface area contributed by atoms with Crippen LogP contribution in [0.15, 0.2) is 47.5 Å². The third-order valence-corrected chi connectivity index (χ3v) is 6.88. The topological polar surface area (TPSA) is 124 Å². The highest BCUT2D eigenvalue weighted by molar-refractivity contribution is 7.90. The zero-order valence-electron chi connectivity index (χ0n) is 20.2. The number of amides is 1. The molecule has 1 aromatic carbocycles. The summed E-state index contributed by atoms with van der Waals surface area (Å²) in [7, 11) is -4.26. The lowest BCUT2D eigenvalue weighted by molar-refractivity contribution is 0.0978. The minimum atomic E-state index is -4.26. The number of hydrogen-bond donors (Lipinski definition) is 2. The number of aryl methyl sites for hydroxylation is 3. The summed E-state index contributed by atoms with van der Waals surface area (Å²) < 4.78 is 33.7. The molecule has 3 aromatic rings. The van der Waals surface area contributed by atoms with Gasteiger partial charge in [0.25, 0.3) is 15.9 Å². The fraction of sp³-hybridized carbons (Fsp3) is 0.320. The van der Waals surface area contributed by atoms with Crippen molar-refractivity contribution >= 4 is 21.7 Å². The summed E-state index contributed by atoms with van der Waals surface area (Å²) in [4.78, 5) is 21.5. The minimum Gasteiger partial charge on any atom is -0.438 e. The number of hydrogen-bond acceptors (Lipinski definition) is 7. The predicted octanol–water partition coefficient (Wildman–Crippen LogP) is 4.65. The van der Waals surface area contributed by atoms with Gasteiger partial charge in [-0.2, -0.15) is 8.42 Å². The first-order valence-electron chi connectivity index (χ1n) is 11.0. The van der Waals surface area contributed by atoms with Gasteiger partial charge in [0.05, 0.1) is 0 Å². The average molecular weight is 483 g/mol. The van der Waals surface area contributed by atoms with Crippen molar-refractivity contribution in [3.8, 4) is 11.6 Å². The van der Waals surface area contributed by atoms with Crippen LogP contribution in [0.2, 0.25) is 0 Å². The van der Waals surface area contributed by atoms with Gasteiger partial charge in [-0.1, -0.05) is 44.5 Å². The number of nitrogens with zero attached hydrogens (tertiary/aromatic N) is 2. The fourth-order valence-corrected chi connectivity index (χ4v) is 4.48.